The van der Waals surface area contributed by atoms with Crippen molar-refractivity contribution in [2.24, 2.45) is 0 Å². The summed E-state index contributed by atoms with van der Waals surface area (Å²) in [6.07, 6.45) is 5.52. The van der Waals surface area contributed by atoms with Crippen LogP contribution in [0.3, 0.4) is 0 Å². The van der Waals surface area contributed by atoms with Gasteiger partial charge in [0.25, 0.3) is 0 Å². The number of phenolic OH excluding ortho intramolecular Hbond substituents is 1. The van der Waals surface area contributed by atoms with Crippen LogP contribution in [-0.2, 0) is 4.79 Å². The predicted molar refractivity (Wildman–Crippen MR) is 73.5 cm³/mol. The summed E-state index contributed by atoms with van der Waals surface area (Å²) >= 11 is 5.83. The van der Waals surface area contributed by atoms with Gasteiger partial charge in [0.15, 0.2) is 0 Å². The van der Waals surface area contributed by atoms with E-state index in [4.69, 9.17) is 11.6 Å². The number of halogens is 1. The fourth-order valence-electron chi connectivity index (χ4n) is 2.52. The largest absolute Gasteiger partial charge is 0.506 e. The van der Waals surface area contributed by atoms with Crippen molar-refractivity contribution in [3.8, 4) is 5.75 Å². The Labute approximate surface area is 117 Å². The molecule has 104 valence electrons. The number of carboxylic acid groups (broad SMARTS) is 1. The summed E-state index contributed by atoms with van der Waals surface area (Å²) in [4.78, 5) is 11.4. The van der Waals surface area contributed by atoms with Gasteiger partial charge in [0.2, 0.25) is 0 Å². The lowest BCUT2D eigenvalue weighted by Gasteiger charge is -2.26. The molecule has 1 unspecified atom stereocenters. The summed E-state index contributed by atoms with van der Waals surface area (Å²) in [5.74, 6) is -0.959. The molecular formula is C14H18ClNO3. The van der Waals surface area contributed by atoms with Crippen LogP contribution in [0.15, 0.2) is 18.2 Å². The molecule has 1 aliphatic rings. The fourth-order valence-corrected chi connectivity index (χ4v) is 2.71. The summed E-state index contributed by atoms with van der Waals surface area (Å²) in [7, 11) is 0. The molecule has 3 N–H and O–H groups in total. The molecule has 1 aromatic carbocycles. The zero-order valence-electron chi connectivity index (χ0n) is 10.6. The van der Waals surface area contributed by atoms with Gasteiger partial charge in [-0.25, -0.2) is 0 Å². The molecule has 1 atom stereocenters. The third kappa shape index (κ3) is 3.61. The minimum absolute atomic E-state index is 0.0350. The first-order valence-electron chi connectivity index (χ1n) is 6.55. The van der Waals surface area contributed by atoms with Crippen LogP contribution < -0.4 is 5.32 Å². The molecule has 0 saturated heterocycles. The average molecular weight is 284 g/mol. The molecule has 1 saturated carbocycles. The summed E-state index contributed by atoms with van der Waals surface area (Å²) in [5.41, 5.74) is 0.570. The van der Waals surface area contributed by atoms with Crippen molar-refractivity contribution in [3.05, 3.63) is 28.8 Å². The number of hydrogen-bond acceptors (Lipinski definition) is 3. The molecule has 0 radical (unpaired) electrons. The zero-order valence-corrected chi connectivity index (χ0v) is 11.4. The number of aromatic hydroxyl groups is 1. The van der Waals surface area contributed by atoms with Crippen LogP contribution in [0.1, 0.15) is 43.7 Å². The maximum Gasteiger partial charge on any atom is 0.325 e. The van der Waals surface area contributed by atoms with Crippen LogP contribution in [0, 0.1) is 0 Å². The fraction of sp³-hybridized carbons (Fsp3) is 0.500. The molecule has 0 aromatic heterocycles. The molecule has 1 aromatic rings. The van der Waals surface area contributed by atoms with Gasteiger partial charge in [-0.2, -0.15) is 0 Å². The molecule has 19 heavy (non-hydrogen) atoms. The van der Waals surface area contributed by atoms with Crippen LogP contribution >= 0.6 is 11.6 Å². The van der Waals surface area contributed by atoms with Crippen LogP contribution in [0.4, 0.5) is 0 Å². The number of phenols is 1. The van der Waals surface area contributed by atoms with E-state index in [1.54, 1.807) is 6.07 Å². The van der Waals surface area contributed by atoms with E-state index in [1.165, 1.54) is 18.6 Å². The predicted octanol–water partition coefficient (Wildman–Crippen LogP) is 3.09. The minimum Gasteiger partial charge on any atom is -0.506 e. The monoisotopic (exact) mass is 283 g/mol. The Hall–Kier alpha value is -1.26. The van der Waals surface area contributed by atoms with Crippen molar-refractivity contribution in [1.82, 2.24) is 5.32 Å². The summed E-state index contributed by atoms with van der Waals surface area (Å²) < 4.78 is 0. The second-order valence-electron chi connectivity index (χ2n) is 4.98. The Morgan fingerprint density at radius 1 is 1.32 bits per heavy atom. The number of hydrogen-bond donors (Lipinski definition) is 3. The Balaban J connectivity index is 2.14. The normalized spacial score (nSPS) is 18.2. The molecular weight excluding hydrogens is 266 g/mol. The standard InChI is InChI=1S/C14H18ClNO3/c15-11-8-9(6-7-12(11)17)13(14(18)19)16-10-4-2-1-3-5-10/h6-8,10,13,16-17H,1-5H2,(H,18,19). The highest BCUT2D eigenvalue weighted by atomic mass is 35.5. The van der Waals surface area contributed by atoms with Gasteiger partial charge in [-0.05, 0) is 30.5 Å². The third-order valence-electron chi connectivity index (χ3n) is 3.56. The highest BCUT2D eigenvalue weighted by molar-refractivity contribution is 6.32. The Bertz CT molecular complexity index is 458. The van der Waals surface area contributed by atoms with Gasteiger partial charge in [-0.1, -0.05) is 36.9 Å². The maximum atomic E-state index is 11.4. The van der Waals surface area contributed by atoms with Crippen molar-refractivity contribution in [2.75, 3.05) is 0 Å². The number of nitrogens with one attached hydrogen (secondary N) is 1. The van der Waals surface area contributed by atoms with Gasteiger partial charge in [-0.3, -0.25) is 10.1 Å². The van der Waals surface area contributed by atoms with E-state index in [0.717, 1.165) is 25.7 Å². The smallest absolute Gasteiger partial charge is 0.325 e. The average Bonchev–Trinajstić information content (AvgIpc) is 2.40. The topological polar surface area (TPSA) is 69.6 Å². The second-order valence-corrected chi connectivity index (χ2v) is 5.39. The van der Waals surface area contributed by atoms with Crippen LogP contribution in [0.2, 0.25) is 5.02 Å². The molecule has 1 fully saturated rings. The van der Waals surface area contributed by atoms with Gasteiger partial charge >= 0.3 is 5.97 Å². The number of aliphatic carboxylic acids is 1. The van der Waals surface area contributed by atoms with Crippen molar-refractivity contribution < 1.29 is 15.0 Å². The number of benzene rings is 1. The van der Waals surface area contributed by atoms with Gasteiger partial charge in [0.1, 0.15) is 11.8 Å². The lowest BCUT2D eigenvalue weighted by molar-refractivity contribution is -0.140. The van der Waals surface area contributed by atoms with E-state index in [1.807, 2.05) is 0 Å². The van der Waals surface area contributed by atoms with Gasteiger partial charge < -0.3 is 10.2 Å². The highest BCUT2D eigenvalue weighted by Crippen LogP contribution is 2.28. The SMILES string of the molecule is O=C(O)C(NC1CCCCC1)c1ccc(O)c(Cl)c1. The van der Waals surface area contributed by atoms with Crippen LogP contribution in [0.25, 0.3) is 0 Å². The zero-order chi connectivity index (χ0) is 13.8. The quantitative estimate of drug-likeness (QED) is 0.794. The van der Waals surface area contributed by atoms with Crippen LogP contribution in [0.5, 0.6) is 5.75 Å². The summed E-state index contributed by atoms with van der Waals surface area (Å²) in [5, 5.41) is 22.1. The highest BCUT2D eigenvalue weighted by Gasteiger charge is 2.25. The van der Waals surface area contributed by atoms with E-state index in [-0.39, 0.29) is 16.8 Å². The lowest BCUT2D eigenvalue weighted by atomic mass is 9.94. The number of carbonyl (C=O) groups is 1. The molecule has 0 bridgehead atoms. The van der Waals surface area contributed by atoms with Crippen LogP contribution in [-0.4, -0.2) is 22.2 Å². The third-order valence-corrected chi connectivity index (χ3v) is 3.86. The first-order valence-corrected chi connectivity index (χ1v) is 6.93. The van der Waals surface area contributed by atoms with Crippen molar-refractivity contribution in [1.29, 1.82) is 0 Å². The molecule has 4 nitrogen and oxygen atoms in total. The van der Waals surface area contributed by atoms with E-state index in [0.29, 0.717) is 5.56 Å². The maximum absolute atomic E-state index is 11.4. The van der Waals surface area contributed by atoms with Gasteiger partial charge in [0.05, 0.1) is 5.02 Å². The van der Waals surface area contributed by atoms with Crippen molar-refractivity contribution in [2.45, 2.75) is 44.2 Å². The van der Waals surface area contributed by atoms with E-state index in [2.05, 4.69) is 5.32 Å². The molecule has 0 heterocycles. The molecule has 0 aliphatic heterocycles. The van der Waals surface area contributed by atoms with Crippen molar-refractivity contribution >= 4 is 17.6 Å². The first-order chi connectivity index (χ1) is 9.08. The molecule has 1 aliphatic carbocycles. The minimum atomic E-state index is -0.924. The molecule has 2 rings (SSSR count). The lowest BCUT2D eigenvalue weighted by Crippen LogP contribution is -2.38. The Morgan fingerprint density at radius 3 is 2.58 bits per heavy atom. The van der Waals surface area contributed by atoms with Gasteiger partial charge in [0, 0.05) is 6.04 Å². The van der Waals surface area contributed by atoms with Crippen molar-refractivity contribution in [3.63, 3.8) is 0 Å². The first kappa shape index (κ1) is 14.2. The van der Waals surface area contributed by atoms with E-state index < -0.39 is 12.0 Å². The number of carboxylic acids is 1. The molecule has 0 amide bonds. The van der Waals surface area contributed by atoms with E-state index >= 15 is 0 Å². The molecule has 5 heteroatoms. The molecule has 0 spiro atoms. The summed E-state index contributed by atoms with van der Waals surface area (Å²) in [6, 6.07) is 3.99. The summed E-state index contributed by atoms with van der Waals surface area (Å²) in [6.45, 7) is 0. The second kappa shape index (κ2) is 6.26. The Kier molecular flexibility index (Phi) is 4.66. The van der Waals surface area contributed by atoms with E-state index in [9.17, 15) is 15.0 Å². The Morgan fingerprint density at radius 2 is 2.00 bits per heavy atom. The number of rotatable bonds is 4. The van der Waals surface area contributed by atoms with Gasteiger partial charge in [-0.15, -0.1) is 0 Å².